The van der Waals surface area contributed by atoms with Gasteiger partial charge in [-0.1, -0.05) is 0 Å². The molecule has 0 aliphatic heterocycles. The SMILES string of the molecule is Cc1nn(C)c(C)c1C(=O)c1occc1Br. The average Bonchev–Trinajstić information content (AvgIpc) is 2.73. The summed E-state index contributed by atoms with van der Waals surface area (Å²) in [5.74, 6) is 0.180. The van der Waals surface area contributed by atoms with Crippen LogP contribution in [0.3, 0.4) is 0 Å². The molecule has 16 heavy (non-hydrogen) atoms. The topological polar surface area (TPSA) is 48.0 Å². The number of nitrogens with zero attached hydrogens (tertiary/aromatic N) is 2. The Morgan fingerprint density at radius 3 is 2.62 bits per heavy atom. The van der Waals surface area contributed by atoms with Crippen LogP contribution in [0.1, 0.15) is 27.5 Å². The molecule has 0 aliphatic rings. The number of carbonyl (C=O) groups is 1. The van der Waals surface area contributed by atoms with E-state index >= 15 is 0 Å². The predicted molar refractivity (Wildman–Crippen MR) is 62.5 cm³/mol. The van der Waals surface area contributed by atoms with Crippen molar-refractivity contribution < 1.29 is 9.21 Å². The van der Waals surface area contributed by atoms with Crippen LogP contribution >= 0.6 is 15.9 Å². The number of halogens is 1. The molecule has 0 spiro atoms. The van der Waals surface area contributed by atoms with Gasteiger partial charge in [0.2, 0.25) is 5.78 Å². The van der Waals surface area contributed by atoms with Gasteiger partial charge in [-0.05, 0) is 35.8 Å². The second-order valence-corrected chi connectivity index (χ2v) is 4.45. The predicted octanol–water partition coefficient (Wildman–Crippen LogP) is 2.62. The Bertz CT molecular complexity index is 554. The highest BCUT2D eigenvalue weighted by Crippen LogP contribution is 2.23. The summed E-state index contributed by atoms with van der Waals surface area (Å²) in [7, 11) is 1.82. The fraction of sp³-hybridized carbons (Fsp3) is 0.273. The van der Waals surface area contributed by atoms with E-state index in [0.717, 1.165) is 5.69 Å². The summed E-state index contributed by atoms with van der Waals surface area (Å²) in [6.45, 7) is 3.68. The third kappa shape index (κ3) is 1.61. The number of rotatable bonds is 2. The quantitative estimate of drug-likeness (QED) is 0.796. The van der Waals surface area contributed by atoms with E-state index in [0.29, 0.717) is 21.5 Å². The monoisotopic (exact) mass is 282 g/mol. The van der Waals surface area contributed by atoms with Crippen molar-refractivity contribution in [2.24, 2.45) is 7.05 Å². The van der Waals surface area contributed by atoms with E-state index in [4.69, 9.17) is 4.42 Å². The second-order valence-electron chi connectivity index (χ2n) is 3.60. The Kier molecular flexibility index (Phi) is 2.71. The maximum absolute atomic E-state index is 12.2. The summed E-state index contributed by atoms with van der Waals surface area (Å²) >= 11 is 3.28. The summed E-state index contributed by atoms with van der Waals surface area (Å²) in [5, 5.41) is 4.21. The van der Waals surface area contributed by atoms with E-state index in [1.165, 1.54) is 6.26 Å². The number of carbonyl (C=O) groups excluding carboxylic acids is 1. The van der Waals surface area contributed by atoms with Crippen LogP contribution in [-0.4, -0.2) is 15.6 Å². The molecule has 0 aliphatic carbocycles. The molecule has 0 radical (unpaired) electrons. The smallest absolute Gasteiger partial charge is 0.233 e. The van der Waals surface area contributed by atoms with Gasteiger partial charge in [0.05, 0.1) is 22.0 Å². The summed E-state index contributed by atoms with van der Waals surface area (Å²) in [5.41, 5.74) is 2.16. The fourth-order valence-corrected chi connectivity index (χ4v) is 2.05. The van der Waals surface area contributed by atoms with Crippen molar-refractivity contribution in [1.29, 1.82) is 0 Å². The number of hydrogen-bond acceptors (Lipinski definition) is 3. The number of aryl methyl sites for hydroxylation is 2. The molecular weight excluding hydrogens is 272 g/mol. The molecule has 0 N–H and O–H groups in total. The molecule has 0 saturated carbocycles. The van der Waals surface area contributed by atoms with E-state index < -0.39 is 0 Å². The highest BCUT2D eigenvalue weighted by Gasteiger charge is 2.23. The summed E-state index contributed by atoms with van der Waals surface area (Å²) in [6.07, 6.45) is 1.48. The zero-order valence-corrected chi connectivity index (χ0v) is 10.8. The van der Waals surface area contributed by atoms with Crippen LogP contribution in [0.4, 0.5) is 0 Å². The van der Waals surface area contributed by atoms with E-state index in [9.17, 15) is 4.79 Å². The molecule has 2 aromatic heterocycles. The number of hydrogen-bond donors (Lipinski definition) is 0. The Balaban J connectivity index is 2.54. The fourth-order valence-electron chi connectivity index (χ4n) is 1.67. The van der Waals surface area contributed by atoms with E-state index in [1.54, 1.807) is 10.7 Å². The van der Waals surface area contributed by atoms with Crippen LogP contribution in [-0.2, 0) is 7.05 Å². The average molecular weight is 283 g/mol. The first-order valence-electron chi connectivity index (χ1n) is 4.80. The minimum atomic E-state index is -0.139. The van der Waals surface area contributed by atoms with Crippen molar-refractivity contribution in [3.05, 3.63) is 39.5 Å². The Hall–Kier alpha value is -1.36. The first-order chi connectivity index (χ1) is 7.52. The maximum Gasteiger partial charge on any atom is 0.233 e. The summed E-state index contributed by atoms with van der Waals surface area (Å²) < 4.78 is 7.53. The lowest BCUT2D eigenvalue weighted by Gasteiger charge is -1.99. The standard InChI is InChI=1S/C11H11BrN2O2/c1-6-9(7(2)14(3)13-6)10(15)11-8(12)4-5-16-11/h4-5H,1-3H3. The van der Waals surface area contributed by atoms with Gasteiger partial charge >= 0.3 is 0 Å². The van der Waals surface area contributed by atoms with Gasteiger partial charge in [0.25, 0.3) is 0 Å². The number of ketones is 1. The molecule has 0 unspecified atom stereocenters. The molecule has 2 heterocycles. The molecule has 0 bridgehead atoms. The molecule has 2 aromatic rings. The van der Waals surface area contributed by atoms with Crippen molar-refractivity contribution in [2.45, 2.75) is 13.8 Å². The Morgan fingerprint density at radius 2 is 2.19 bits per heavy atom. The van der Waals surface area contributed by atoms with Crippen molar-refractivity contribution >= 4 is 21.7 Å². The lowest BCUT2D eigenvalue weighted by molar-refractivity contribution is 0.101. The number of aromatic nitrogens is 2. The van der Waals surface area contributed by atoms with Crippen molar-refractivity contribution in [1.82, 2.24) is 9.78 Å². The molecule has 84 valence electrons. The minimum absolute atomic E-state index is 0.139. The summed E-state index contributed by atoms with van der Waals surface area (Å²) in [6, 6.07) is 1.70. The zero-order chi connectivity index (χ0) is 11.9. The Labute approximate surface area is 101 Å². The highest BCUT2D eigenvalue weighted by molar-refractivity contribution is 9.10. The van der Waals surface area contributed by atoms with Crippen LogP contribution < -0.4 is 0 Å². The molecule has 0 fully saturated rings. The van der Waals surface area contributed by atoms with E-state index in [2.05, 4.69) is 21.0 Å². The minimum Gasteiger partial charge on any atom is -0.460 e. The number of furan rings is 1. The first-order valence-corrected chi connectivity index (χ1v) is 5.59. The first kappa shape index (κ1) is 11.1. The van der Waals surface area contributed by atoms with Crippen molar-refractivity contribution in [2.75, 3.05) is 0 Å². The van der Waals surface area contributed by atoms with Gasteiger partial charge in [-0.15, -0.1) is 0 Å². The third-order valence-corrected chi connectivity index (χ3v) is 3.18. The highest BCUT2D eigenvalue weighted by atomic mass is 79.9. The van der Waals surface area contributed by atoms with Gasteiger partial charge in [0.1, 0.15) is 0 Å². The molecule has 0 aromatic carbocycles. The van der Waals surface area contributed by atoms with Gasteiger partial charge in [0, 0.05) is 12.7 Å². The normalized spacial score (nSPS) is 10.8. The lowest BCUT2D eigenvalue weighted by atomic mass is 10.1. The van der Waals surface area contributed by atoms with E-state index in [-0.39, 0.29) is 5.78 Å². The molecule has 5 heteroatoms. The Morgan fingerprint density at radius 1 is 1.50 bits per heavy atom. The molecule has 2 rings (SSSR count). The van der Waals surface area contributed by atoms with Crippen LogP contribution in [0.2, 0.25) is 0 Å². The van der Waals surface area contributed by atoms with Crippen LogP contribution in [0, 0.1) is 13.8 Å². The molecule has 4 nitrogen and oxygen atoms in total. The van der Waals surface area contributed by atoms with Crippen LogP contribution in [0.5, 0.6) is 0 Å². The maximum atomic E-state index is 12.2. The second kappa shape index (κ2) is 3.90. The largest absolute Gasteiger partial charge is 0.460 e. The van der Waals surface area contributed by atoms with Crippen LogP contribution in [0.15, 0.2) is 21.2 Å². The van der Waals surface area contributed by atoms with E-state index in [1.807, 2.05) is 20.9 Å². The lowest BCUT2D eigenvalue weighted by Crippen LogP contribution is -2.04. The van der Waals surface area contributed by atoms with Gasteiger partial charge in [0.15, 0.2) is 5.76 Å². The summed E-state index contributed by atoms with van der Waals surface area (Å²) in [4.78, 5) is 12.2. The van der Waals surface area contributed by atoms with Crippen molar-refractivity contribution in [3.63, 3.8) is 0 Å². The molecule has 0 saturated heterocycles. The zero-order valence-electron chi connectivity index (χ0n) is 9.24. The molecule has 0 amide bonds. The molecule has 0 atom stereocenters. The van der Waals surface area contributed by atoms with Gasteiger partial charge in [-0.2, -0.15) is 5.10 Å². The van der Waals surface area contributed by atoms with Gasteiger partial charge < -0.3 is 4.42 Å². The third-order valence-electron chi connectivity index (χ3n) is 2.56. The van der Waals surface area contributed by atoms with Crippen LogP contribution in [0.25, 0.3) is 0 Å². The van der Waals surface area contributed by atoms with Crippen molar-refractivity contribution in [3.8, 4) is 0 Å². The molecular formula is C11H11BrN2O2. The van der Waals surface area contributed by atoms with Gasteiger partial charge in [-0.3, -0.25) is 9.48 Å². The van der Waals surface area contributed by atoms with Gasteiger partial charge in [-0.25, -0.2) is 0 Å².